The molecule has 0 bridgehead atoms. The smallest absolute Gasteiger partial charge is 0.303 e. The first kappa shape index (κ1) is 12.8. The van der Waals surface area contributed by atoms with Gasteiger partial charge in [-0.25, -0.2) is 4.98 Å². The Bertz CT molecular complexity index is 611. The minimum atomic E-state index is -0.999. The van der Waals surface area contributed by atoms with Crippen molar-refractivity contribution in [1.29, 1.82) is 0 Å². The van der Waals surface area contributed by atoms with Crippen LogP contribution in [-0.2, 0) is 9.59 Å². The Labute approximate surface area is 111 Å². The molecular weight excluding hydrogens is 276 g/mol. The molecule has 18 heavy (non-hydrogen) atoms. The first-order chi connectivity index (χ1) is 8.54. The predicted molar refractivity (Wildman–Crippen MR) is 70.1 cm³/mol. The highest BCUT2D eigenvalue weighted by Gasteiger charge is 2.09. The van der Waals surface area contributed by atoms with E-state index in [4.69, 9.17) is 16.7 Å². The van der Waals surface area contributed by atoms with Crippen LogP contribution in [-0.4, -0.2) is 22.0 Å². The van der Waals surface area contributed by atoms with E-state index in [1.165, 1.54) is 11.3 Å². The number of carbonyl (C=O) groups is 2. The Kier molecular flexibility index (Phi) is 3.78. The second-order valence-corrected chi connectivity index (χ2v) is 5.04. The van der Waals surface area contributed by atoms with E-state index in [1.54, 1.807) is 18.2 Å². The van der Waals surface area contributed by atoms with Gasteiger partial charge in [0, 0.05) is 11.4 Å². The molecule has 7 heteroatoms. The van der Waals surface area contributed by atoms with Gasteiger partial charge < -0.3 is 10.4 Å². The molecule has 1 heterocycles. The van der Waals surface area contributed by atoms with Crippen molar-refractivity contribution in [3.05, 3.63) is 23.2 Å². The third-order valence-electron chi connectivity index (χ3n) is 2.16. The molecule has 0 atom stereocenters. The van der Waals surface area contributed by atoms with Crippen LogP contribution in [0.1, 0.15) is 12.8 Å². The lowest BCUT2D eigenvalue weighted by atomic mass is 10.3. The van der Waals surface area contributed by atoms with Crippen molar-refractivity contribution in [2.45, 2.75) is 12.8 Å². The number of benzene rings is 1. The predicted octanol–water partition coefficient (Wildman–Crippen LogP) is 2.75. The fourth-order valence-corrected chi connectivity index (χ4v) is 2.51. The Morgan fingerprint density at radius 1 is 1.39 bits per heavy atom. The SMILES string of the molecule is O=C(O)CCC(=O)Nc1nc2ccc(Cl)cc2s1. The van der Waals surface area contributed by atoms with E-state index in [2.05, 4.69) is 10.3 Å². The molecule has 0 spiro atoms. The number of carboxylic acids is 1. The third kappa shape index (κ3) is 3.18. The van der Waals surface area contributed by atoms with Crippen molar-refractivity contribution in [3.8, 4) is 0 Å². The molecule has 0 aliphatic heterocycles. The summed E-state index contributed by atoms with van der Waals surface area (Å²) < 4.78 is 0.871. The second-order valence-electron chi connectivity index (χ2n) is 3.57. The molecule has 1 amide bonds. The van der Waals surface area contributed by atoms with Gasteiger partial charge in [-0.15, -0.1) is 0 Å². The molecule has 94 valence electrons. The van der Waals surface area contributed by atoms with Gasteiger partial charge in [0.2, 0.25) is 5.91 Å². The Morgan fingerprint density at radius 3 is 2.89 bits per heavy atom. The lowest BCUT2D eigenvalue weighted by molar-refractivity contribution is -0.138. The highest BCUT2D eigenvalue weighted by Crippen LogP contribution is 2.28. The number of rotatable bonds is 4. The van der Waals surface area contributed by atoms with Crippen LogP contribution in [0.3, 0.4) is 0 Å². The number of aromatic nitrogens is 1. The molecule has 2 aromatic rings. The van der Waals surface area contributed by atoms with Gasteiger partial charge in [0.25, 0.3) is 0 Å². The number of nitrogens with zero attached hydrogens (tertiary/aromatic N) is 1. The molecule has 1 aromatic carbocycles. The van der Waals surface area contributed by atoms with E-state index < -0.39 is 5.97 Å². The number of hydrogen-bond acceptors (Lipinski definition) is 4. The number of amides is 1. The highest BCUT2D eigenvalue weighted by atomic mass is 35.5. The monoisotopic (exact) mass is 284 g/mol. The van der Waals surface area contributed by atoms with Crippen LogP contribution in [0.4, 0.5) is 5.13 Å². The normalized spacial score (nSPS) is 10.5. The van der Waals surface area contributed by atoms with E-state index in [0.717, 1.165) is 10.2 Å². The molecule has 0 radical (unpaired) electrons. The molecule has 0 saturated carbocycles. The lowest BCUT2D eigenvalue weighted by Gasteiger charge is -1.98. The van der Waals surface area contributed by atoms with Crippen molar-refractivity contribution in [2.24, 2.45) is 0 Å². The Hall–Kier alpha value is -1.66. The van der Waals surface area contributed by atoms with Gasteiger partial charge in [-0.2, -0.15) is 0 Å². The first-order valence-corrected chi connectivity index (χ1v) is 6.32. The molecule has 0 fully saturated rings. The molecule has 0 saturated heterocycles. The summed E-state index contributed by atoms with van der Waals surface area (Å²) in [5, 5.41) is 12.1. The number of fused-ring (bicyclic) bond motifs is 1. The van der Waals surface area contributed by atoms with Crippen LogP contribution in [0.5, 0.6) is 0 Å². The molecule has 0 aliphatic carbocycles. The first-order valence-electron chi connectivity index (χ1n) is 5.12. The van der Waals surface area contributed by atoms with Crippen molar-refractivity contribution < 1.29 is 14.7 Å². The fraction of sp³-hybridized carbons (Fsp3) is 0.182. The lowest BCUT2D eigenvalue weighted by Crippen LogP contribution is -2.12. The van der Waals surface area contributed by atoms with E-state index in [1.807, 2.05) is 0 Å². The second kappa shape index (κ2) is 5.32. The zero-order valence-corrected chi connectivity index (χ0v) is 10.7. The summed E-state index contributed by atoms with van der Waals surface area (Å²) in [5.74, 6) is -1.36. The van der Waals surface area contributed by atoms with Crippen molar-refractivity contribution in [3.63, 3.8) is 0 Å². The van der Waals surface area contributed by atoms with Crippen LogP contribution < -0.4 is 5.32 Å². The number of thiazole rings is 1. The summed E-state index contributed by atoms with van der Waals surface area (Å²) in [7, 11) is 0. The number of halogens is 1. The maximum Gasteiger partial charge on any atom is 0.303 e. The van der Waals surface area contributed by atoms with Gasteiger partial charge in [0.15, 0.2) is 5.13 Å². The summed E-state index contributed by atoms with van der Waals surface area (Å²) in [6.45, 7) is 0. The Morgan fingerprint density at radius 2 is 2.17 bits per heavy atom. The maximum absolute atomic E-state index is 11.4. The molecule has 5 nitrogen and oxygen atoms in total. The number of carbonyl (C=O) groups excluding carboxylic acids is 1. The molecule has 0 unspecified atom stereocenters. The van der Waals surface area contributed by atoms with E-state index in [-0.39, 0.29) is 18.7 Å². The van der Waals surface area contributed by atoms with Crippen molar-refractivity contribution >= 4 is 50.2 Å². The average Bonchev–Trinajstić information content (AvgIpc) is 2.67. The standard InChI is InChI=1S/C11H9ClN2O3S/c12-6-1-2-7-8(5-6)18-11(13-7)14-9(15)3-4-10(16)17/h1-2,5H,3-4H2,(H,16,17)(H,13,14,15). The zero-order valence-electron chi connectivity index (χ0n) is 9.14. The minimum Gasteiger partial charge on any atom is -0.481 e. The van der Waals surface area contributed by atoms with E-state index >= 15 is 0 Å². The number of hydrogen-bond donors (Lipinski definition) is 2. The van der Waals surface area contributed by atoms with Crippen LogP contribution in [0.15, 0.2) is 18.2 Å². The van der Waals surface area contributed by atoms with Crippen molar-refractivity contribution in [2.75, 3.05) is 5.32 Å². The van der Waals surface area contributed by atoms with Crippen LogP contribution in [0.25, 0.3) is 10.2 Å². The van der Waals surface area contributed by atoms with Gasteiger partial charge in [-0.1, -0.05) is 22.9 Å². The topological polar surface area (TPSA) is 79.3 Å². The number of anilines is 1. The minimum absolute atomic E-state index is 0.0635. The summed E-state index contributed by atoms with van der Waals surface area (Å²) in [4.78, 5) is 26.0. The summed E-state index contributed by atoms with van der Waals surface area (Å²) >= 11 is 7.14. The quantitative estimate of drug-likeness (QED) is 0.905. The third-order valence-corrected chi connectivity index (χ3v) is 3.33. The van der Waals surface area contributed by atoms with E-state index in [9.17, 15) is 9.59 Å². The summed E-state index contributed by atoms with van der Waals surface area (Å²) in [5.41, 5.74) is 0.748. The highest BCUT2D eigenvalue weighted by molar-refractivity contribution is 7.22. The van der Waals surface area contributed by atoms with Gasteiger partial charge in [-0.3, -0.25) is 9.59 Å². The average molecular weight is 285 g/mol. The van der Waals surface area contributed by atoms with Crippen molar-refractivity contribution in [1.82, 2.24) is 4.98 Å². The number of nitrogens with one attached hydrogen (secondary N) is 1. The molecule has 0 aliphatic rings. The zero-order chi connectivity index (χ0) is 13.1. The Balaban J connectivity index is 2.07. The van der Waals surface area contributed by atoms with Crippen LogP contribution >= 0.6 is 22.9 Å². The van der Waals surface area contributed by atoms with Gasteiger partial charge >= 0.3 is 5.97 Å². The largest absolute Gasteiger partial charge is 0.481 e. The van der Waals surface area contributed by atoms with E-state index in [0.29, 0.717) is 10.2 Å². The van der Waals surface area contributed by atoms with Gasteiger partial charge in [0.1, 0.15) is 0 Å². The summed E-state index contributed by atoms with van der Waals surface area (Å²) in [6.07, 6.45) is -0.255. The molecule has 2 N–H and O–H groups in total. The van der Waals surface area contributed by atoms with Crippen LogP contribution in [0.2, 0.25) is 5.02 Å². The summed E-state index contributed by atoms with van der Waals surface area (Å²) in [6, 6.07) is 5.25. The molecule has 1 aromatic heterocycles. The number of carboxylic acid groups (broad SMARTS) is 1. The van der Waals surface area contributed by atoms with Gasteiger partial charge in [-0.05, 0) is 18.2 Å². The molecule has 2 rings (SSSR count). The maximum atomic E-state index is 11.4. The molecular formula is C11H9ClN2O3S. The fourth-order valence-electron chi connectivity index (χ4n) is 1.35. The van der Waals surface area contributed by atoms with Gasteiger partial charge in [0.05, 0.1) is 16.6 Å². The number of aliphatic carboxylic acids is 1. The van der Waals surface area contributed by atoms with Crippen LogP contribution in [0, 0.1) is 0 Å².